The molecule has 0 bridgehead atoms. The number of hydrogen-bond acceptors (Lipinski definition) is 3. The van der Waals surface area contributed by atoms with Crippen LogP contribution in [0.5, 0.6) is 5.75 Å². The lowest BCUT2D eigenvalue weighted by molar-refractivity contribution is 0.0843. The predicted octanol–water partition coefficient (Wildman–Crippen LogP) is 2.89. The van der Waals surface area contributed by atoms with Gasteiger partial charge in [0.25, 0.3) is 5.91 Å². The van der Waals surface area contributed by atoms with E-state index in [-0.39, 0.29) is 25.5 Å². The number of hydrogen-bond donors (Lipinski definition) is 2. The fourth-order valence-electron chi connectivity index (χ4n) is 2.14. The smallest absolute Gasteiger partial charge is 0.257 e. The zero-order valence-electron chi connectivity index (χ0n) is 13.2. The van der Waals surface area contributed by atoms with Crippen molar-refractivity contribution in [3.63, 3.8) is 0 Å². The molecule has 0 saturated carbocycles. The van der Waals surface area contributed by atoms with E-state index in [0.29, 0.717) is 12.8 Å². The minimum absolute atomic E-state index is 0.107. The Hall–Kier alpha value is -1.69. The minimum atomic E-state index is -1.01. The van der Waals surface area contributed by atoms with Crippen molar-refractivity contribution >= 4 is 5.91 Å². The van der Waals surface area contributed by atoms with E-state index in [4.69, 9.17) is 4.74 Å². The number of aliphatic hydroxyl groups excluding tert-OH is 1. The van der Waals surface area contributed by atoms with Gasteiger partial charge in [0.15, 0.2) is 11.6 Å². The van der Waals surface area contributed by atoms with Crippen molar-refractivity contribution in [1.82, 2.24) is 5.32 Å². The summed E-state index contributed by atoms with van der Waals surface area (Å²) in [5, 5.41) is 12.0. The number of rotatable bonds is 8. The fourth-order valence-corrected chi connectivity index (χ4v) is 2.14. The number of benzene rings is 1. The van der Waals surface area contributed by atoms with Gasteiger partial charge < -0.3 is 15.2 Å². The van der Waals surface area contributed by atoms with Gasteiger partial charge in [0, 0.05) is 12.0 Å². The van der Waals surface area contributed by atoms with Crippen molar-refractivity contribution in [3.8, 4) is 5.75 Å². The summed E-state index contributed by atoms with van der Waals surface area (Å²) < 4.78 is 33.0. The molecule has 1 rings (SSSR count). The molecule has 0 fully saturated rings. The third kappa shape index (κ3) is 3.94. The summed E-state index contributed by atoms with van der Waals surface area (Å²) in [6, 6.07) is 2.16. The van der Waals surface area contributed by atoms with Crippen LogP contribution in [0.25, 0.3) is 0 Å². The molecule has 0 atom stereocenters. The lowest BCUT2D eigenvalue weighted by Gasteiger charge is -2.29. The summed E-state index contributed by atoms with van der Waals surface area (Å²) in [7, 11) is 0. The first-order valence-electron chi connectivity index (χ1n) is 7.44. The van der Waals surface area contributed by atoms with Gasteiger partial charge in [-0.25, -0.2) is 8.78 Å². The molecule has 0 aliphatic carbocycles. The molecule has 1 aromatic rings. The Bertz CT molecular complexity index is 508. The molecule has 0 unspecified atom stereocenters. The normalized spacial score (nSPS) is 11.4. The van der Waals surface area contributed by atoms with Crippen molar-refractivity contribution in [2.45, 2.75) is 33.6 Å². The zero-order chi connectivity index (χ0) is 16.8. The number of aliphatic hydroxyl groups is 1. The molecule has 22 heavy (non-hydrogen) atoms. The topological polar surface area (TPSA) is 58.6 Å². The number of carbonyl (C=O) groups excluding carboxylic acids is 1. The molecule has 6 heteroatoms. The van der Waals surface area contributed by atoms with Crippen LogP contribution >= 0.6 is 0 Å². The first kappa shape index (κ1) is 18.4. The van der Waals surface area contributed by atoms with Crippen LogP contribution in [0.2, 0.25) is 0 Å². The molecular formula is C16H23F2NO3. The van der Waals surface area contributed by atoms with Gasteiger partial charge in [-0.05, 0) is 31.9 Å². The summed E-state index contributed by atoms with van der Waals surface area (Å²) >= 11 is 0. The maximum Gasteiger partial charge on any atom is 0.257 e. The van der Waals surface area contributed by atoms with Gasteiger partial charge >= 0.3 is 0 Å². The first-order valence-corrected chi connectivity index (χ1v) is 7.44. The second-order valence-corrected chi connectivity index (χ2v) is 5.22. The monoisotopic (exact) mass is 315 g/mol. The summed E-state index contributed by atoms with van der Waals surface area (Å²) in [6.45, 7) is 5.70. The van der Waals surface area contributed by atoms with Crippen molar-refractivity contribution in [2.75, 3.05) is 19.8 Å². The van der Waals surface area contributed by atoms with Crippen LogP contribution in [0.15, 0.2) is 12.1 Å². The highest BCUT2D eigenvalue weighted by molar-refractivity contribution is 5.95. The Labute approximate surface area is 129 Å². The van der Waals surface area contributed by atoms with E-state index in [9.17, 15) is 18.7 Å². The van der Waals surface area contributed by atoms with E-state index in [1.165, 1.54) is 0 Å². The molecule has 1 amide bonds. The maximum atomic E-state index is 14.2. The average Bonchev–Trinajstić information content (AvgIpc) is 2.52. The van der Waals surface area contributed by atoms with E-state index in [1.807, 2.05) is 13.8 Å². The Kier molecular flexibility index (Phi) is 6.74. The van der Waals surface area contributed by atoms with Crippen molar-refractivity contribution in [1.29, 1.82) is 0 Å². The van der Waals surface area contributed by atoms with E-state index >= 15 is 0 Å². The summed E-state index contributed by atoms with van der Waals surface area (Å²) in [4.78, 5) is 12.1. The van der Waals surface area contributed by atoms with Crippen molar-refractivity contribution in [3.05, 3.63) is 29.3 Å². The Morgan fingerprint density at radius 3 is 2.41 bits per heavy atom. The van der Waals surface area contributed by atoms with Gasteiger partial charge in [-0.3, -0.25) is 4.79 Å². The van der Waals surface area contributed by atoms with Gasteiger partial charge in [-0.15, -0.1) is 0 Å². The lowest BCUT2D eigenvalue weighted by Crippen LogP contribution is -2.40. The van der Waals surface area contributed by atoms with Gasteiger partial charge in [-0.2, -0.15) is 0 Å². The van der Waals surface area contributed by atoms with Crippen LogP contribution in [0.3, 0.4) is 0 Å². The Balaban J connectivity index is 2.96. The second kappa shape index (κ2) is 8.08. The molecule has 0 radical (unpaired) electrons. The molecule has 0 aromatic heterocycles. The van der Waals surface area contributed by atoms with E-state index in [2.05, 4.69) is 5.32 Å². The van der Waals surface area contributed by atoms with Gasteiger partial charge in [0.1, 0.15) is 11.4 Å². The molecule has 0 spiro atoms. The highest BCUT2D eigenvalue weighted by atomic mass is 19.1. The predicted molar refractivity (Wildman–Crippen MR) is 80.0 cm³/mol. The highest BCUT2D eigenvalue weighted by Crippen LogP contribution is 2.26. The number of ether oxygens (including phenoxy) is 1. The van der Waals surface area contributed by atoms with Crippen molar-refractivity contribution in [2.24, 2.45) is 5.41 Å². The standard InChI is InChI=1S/C16H23F2NO3/c1-4-16(5-2,10-20)9-19-15(21)13-11(17)7-8-12(14(13)18)22-6-3/h7-8,20H,4-6,9-10H2,1-3H3,(H,19,21). The summed E-state index contributed by atoms with van der Waals surface area (Å²) in [5.74, 6) is -2.97. The van der Waals surface area contributed by atoms with Crippen molar-refractivity contribution < 1.29 is 23.4 Å². The van der Waals surface area contributed by atoms with E-state index < -0.39 is 28.5 Å². The molecule has 4 nitrogen and oxygen atoms in total. The van der Waals surface area contributed by atoms with Crippen LogP contribution in [0.1, 0.15) is 44.0 Å². The molecule has 0 aliphatic heterocycles. The zero-order valence-corrected chi connectivity index (χ0v) is 13.2. The molecule has 124 valence electrons. The number of halogens is 2. The van der Waals surface area contributed by atoms with Crippen LogP contribution in [0.4, 0.5) is 8.78 Å². The van der Waals surface area contributed by atoms with E-state index in [1.54, 1.807) is 6.92 Å². The third-order valence-corrected chi connectivity index (χ3v) is 4.04. The molecule has 2 N–H and O–H groups in total. The molecule has 0 aliphatic rings. The number of nitrogens with one attached hydrogen (secondary N) is 1. The van der Waals surface area contributed by atoms with Gasteiger partial charge in [-0.1, -0.05) is 13.8 Å². The first-order chi connectivity index (χ1) is 10.4. The Morgan fingerprint density at radius 1 is 1.27 bits per heavy atom. The van der Waals surface area contributed by atoms with Gasteiger partial charge in [0.2, 0.25) is 0 Å². The summed E-state index contributed by atoms with van der Waals surface area (Å²) in [6.07, 6.45) is 1.29. The SMILES string of the molecule is CCOc1ccc(F)c(C(=O)NCC(CC)(CC)CO)c1F. The largest absolute Gasteiger partial charge is 0.491 e. The second-order valence-electron chi connectivity index (χ2n) is 5.22. The molecule has 0 saturated heterocycles. The van der Waals surface area contributed by atoms with Crippen LogP contribution in [-0.4, -0.2) is 30.8 Å². The molecule has 0 heterocycles. The molecular weight excluding hydrogens is 292 g/mol. The minimum Gasteiger partial charge on any atom is -0.491 e. The van der Waals surface area contributed by atoms with Crippen LogP contribution in [-0.2, 0) is 0 Å². The lowest BCUT2D eigenvalue weighted by atomic mass is 9.83. The maximum absolute atomic E-state index is 14.2. The molecule has 1 aromatic carbocycles. The Morgan fingerprint density at radius 2 is 1.91 bits per heavy atom. The quantitative estimate of drug-likeness (QED) is 0.775. The highest BCUT2D eigenvalue weighted by Gasteiger charge is 2.28. The summed E-state index contributed by atoms with van der Waals surface area (Å²) in [5.41, 5.74) is -1.15. The van der Waals surface area contributed by atoms with Gasteiger partial charge in [0.05, 0.1) is 13.2 Å². The third-order valence-electron chi connectivity index (χ3n) is 4.04. The fraction of sp³-hybridized carbons (Fsp3) is 0.562. The number of carbonyl (C=O) groups is 1. The average molecular weight is 315 g/mol. The number of amides is 1. The van der Waals surface area contributed by atoms with Crippen LogP contribution < -0.4 is 10.1 Å². The van der Waals surface area contributed by atoms with Crippen LogP contribution in [0, 0.1) is 17.0 Å². The van der Waals surface area contributed by atoms with E-state index in [0.717, 1.165) is 12.1 Å².